The molecule has 0 bridgehead atoms. The highest BCUT2D eigenvalue weighted by Gasteiger charge is 2.45. The van der Waals surface area contributed by atoms with Crippen molar-refractivity contribution in [3.05, 3.63) is 30.1 Å². The van der Waals surface area contributed by atoms with Gasteiger partial charge in [-0.2, -0.15) is 0 Å². The molecule has 0 heterocycles. The second kappa shape index (κ2) is 4.96. The Morgan fingerprint density at radius 1 is 1.50 bits per heavy atom. The molecule has 1 saturated carbocycles. The maximum atomic E-state index is 13.7. The van der Waals surface area contributed by atoms with Crippen LogP contribution < -0.4 is 5.32 Å². The van der Waals surface area contributed by atoms with E-state index in [0.29, 0.717) is 24.4 Å². The summed E-state index contributed by atoms with van der Waals surface area (Å²) in [5.41, 5.74) is -0.423. The fourth-order valence-electron chi connectivity index (χ4n) is 2.66. The molecular weight excluding hydrogens is 233 g/mol. The van der Waals surface area contributed by atoms with E-state index >= 15 is 0 Å². The zero-order valence-electron chi connectivity index (χ0n) is 10.7. The Morgan fingerprint density at radius 2 is 2.22 bits per heavy atom. The van der Waals surface area contributed by atoms with Gasteiger partial charge in [-0.15, -0.1) is 0 Å². The Hall–Kier alpha value is -1.58. The van der Waals surface area contributed by atoms with Gasteiger partial charge in [0, 0.05) is 0 Å². The molecule has 4 heteroatoms. The van der Waals surface area contributed by atoms with Crippen LogP contribution >= 0.6 is 0 Å². The second-order valence-corrected chi connectivity index (χ2v) is 5.03. The monoisotopic (exact) mass is 251 g/mol. The highest BCUT2D eigenvalue weighted by Crippen LogP contribution is 2.38. The van der Waals surface area contributed by atoms with Gasteiger partial charge < -0.3 is 10.1 Å². The van der Waals surface area contributed by atoms with Crippen molar-refractivity contribution in [2.75, 3.05) is 12.4 Å². The molecule has 2 atom stereocenters. The first kappa shape index (κ1) is 12.9. The summed E-state index contributed by atoms with van der Waals surface area (Å²) in [6, 6.07) is 6.39. The molecule has 1 aromatic carbocycles. The van der Waals surface area contributed by atoms with Gasteiger partial charge in [0.2, 0.25) is 0 Å². The van der Waals surface area contributed by atoms with Gasteiger partial charge in [-0.1, -0.05) is 19.1 Å². The number of hydrogen-bond acceptors (Lipinski definition) is 3. The SMILES string of the molecule is COC(=O)C1(Nc2ccccc2F)CCC(C)C1. The summed E-state index contributed by atoms with van der Waals surface area (Å²) in [5.74, 6) is -0.223. The maximum absolute atomic E-state index is 13.7. The number of esters is 1. The van der Waals surface area contributed by atoms with Crippen LogP contribution in [0.4, 0.5) is 10.1 Å². The fourth-order valence-corrected chi connectivity index (χ4v) is 2.66. The van der Waals surface area contributed by atoms with E-state index in [4.69, 9.17) is 4.74 Å². The number of carbonyl (C=O) groups is 1. The lowest BCUT2D eigenvalue weighted by atomic mass is 9.95. The number of methoxy groups -OCH3 is 1. The molecular formula is C14H18FNO2. The normalized spacial score (nSPS) is 26.9. The van der Waals surface area contributed by atoms with Gasteiger partial charge in [0.25, 0.3) is 0 Å². The van der Waals surface area contributed by atoms with Crippen LogP contribution in [0.2, 0.25) is 0 Å². The average molecular weight is 251 g/mol. The van der Waals surface area contributed by atoms with Crippen molar-refractivity contribution in [3.63, 3.8) is 0 Å². The summed E-state index contributed by atoms with van der Waals surface area (Å²) in [4.78, 5) is 12.0. The molecule has 3 nitrogen and oxygen atoms in total. The lowest BCUT2D eigenvalue weighted by Gasteiger charge is -2.29. The molecule has 1 aromatic rings. The zero-order valence-corrected chi connectivity index (χ0v) is 10.7. The van der Waals surface area contributed by atoms with E-state index in [1.165, 1.54) is 13.2 Å². The van der Waals surface area contributed by atoms with Crippen LogP contribution in [0, 0.1) is 11.7 Å². The number of benzene rings is 1. The summed E-state index contributed by atoms with van der Waals surface area (Å²) in [5, 5.41) is 3.05. The van der Waals surface area contributed by atoms with Crippen LogP contribution in [0.1, 0.15) is 26.2 Å². The number of nitrogens with one attached hydrogen (secondary N) is 1. The van der Waals surface area contributed by atoms with Crippen molar-refractivity contribution in [3.8, 4) is 0 Å². The first-order chi connectivity index (χ1) is 8.57. The summed E-state index contributed by atoms with van der Waals surface area (Å²) in [7, 11) is 1.37. The predicted octanol–water partition coefficient (Wildman–Crippen LogP) is 2.97. The molecule has 2 unspecified atom stereocenters. The summed E-state index contributed by atoms with van der Waals surface area (Å²) in [6.07, 6.45) is 2.29. The van der Waals surface area contributed by atoms with E-state index < -0.39 is 5.54 Å². The highest BCUT2D eigenvalue weighted by molar-refractivity contribution is 5.85. The third-order valence-electron chi connectivity index (χ3n) is 3.58. The number of carbonyl (C=O) groups excluding carboxylic acids is 1. The van der Waals surface area contributed by atoms with Crippen molar-refractivity contribution < 1.29 is 13.9 Å². The predicted molar refractivity (Wildman–Crippen MR) is 67.8 cm³/mol. The number of rotatable bonds is 3. The standard InChI is InChI=1S/C14H18FNO2/c1-10-7-8-14(9-10,13(17)18-2)16-12-6-4-3-5-11(12)15/h3-6,10,16H,7-9H2,1-2H3. The number of halogens is 1. The molecule has 0 spiro atoms. The van der Waals surface area contributed by atoms with Gasteiger partial charge >= 0.3 is 5.97 Å². The molecule has 0 aromatic heterocycles. The minimum atomic E-state index is -0.781. The molecule has 1 fully saturated rings. The Labute approximate surface area is 106 Å². The summed E-state index contributed by atoms with van der Waals surface area (Å²) >= 11 is 0. The van der Waals surface area contributed by atoms with E-state index in [0.717, 1.165) is 6.42 Å². The minimum Gasteiger partial charge on any atom is -0.467 e. The molecule has 0 radical (unpaired) electrons. The Morgan fingerprint density at radius 3 is 2.78 bits per heavy atom. The Kier molecular flexibility index (Phi) is 3.55. The molecule has 2 rings (SSSR count). The van der Waals surface area contributed by atoms with E-state index in [-0.39, 0.29) is 11.8 Å². The fraction of sp³-hybridized carbons (Fsp3) is 0.500. The van der Waals surface area contributed by atoms with Gasteiger partial charge in [0.15, 0.2) is 0 Å². The third kappa shape index (κ3) is 2.33. The van der Waals surface area contributed by atoms with Crippen LogP contribution in [-0.2, 0) is 9.53 Å². The molecule has 18 heavy (non-hydrogen) atoms. The third-order valence-corrected chi connectivity index (χ3v) is 3.58. The first-order valence-electron chi connectivity index (χ1n) is 6.18. The summed E-state index contributed by atoms with van der Waals surface area (Å²) in [6.45, 7) is 2.09. The minimum absolute atomic E-state index is 0.310. The molecule has 1 aliphatic carbocycles. The second-order valence-electron chi connectivity index (χ2n) is 5.03. The Balaban J connectivity index is 2.27. The van der Waals surface area contributed by atoms with Crippen LogP contribution in [0.5, 0.6) is 0 Å². The average Bonchev–Trinajstić information content (AvgIpc) is 2.74. The van der Waals surface area contributed by atoms with Crippen LogP contribution in [0.3, 0.4) is 0 Å². The molecule has 98 valence electrons. The summed E-state index contributed by atoms with van der Waals surface area (Å²) < 4.78 is 18.5. The zero-order chi connectivity index (χ0) is 13.2. The number of ether oxygens (including phenoxy) is 1. The topological polar surface area (TPSA) is 38.3 Å². The van der Waals surface area contributed by atoms with Crippen LogP contribution in [0.25, 0.3) is 0 Å². The maximum Gasteiger partial charge on any atom is 0.331 e. The van der Waals surface area contributed by atoms with Gasteiger partial charge in [-0.05, 0) is 37.3 Å². The number of anilines is 1. The Bertz CT molecular complexity index is 449. The van der Waals surface area contributed by atoms with Crippen molar-refractivity contribution in [2.45, 2.75) is 31.7 Å². The van der Waals surface area contributed by atoms with E-state index in [1.54, 1.807) is 18.2 Å². The molecule has 0 aliphatic heterocycles. The largest absolute Gasteiger partial charge is 0.467 e. The number of para-hydroxylation sites is 1. The highest BCUT2D eigenvalue weighted by atomic mass is 19.1. The van der Waals surface area contributed by atoms with Gasteiger partial charge in [-0.25, -0.2) is 9.18 Å². The molecule has 0 saturated heterocycles. The van der Waals surface area contributed by atoms with E-state index in [9.17, 15) is 9.18 Å². The van der Waals surface area contributed by atoms with Crippen molar-refractivity contribution in [1.82, 2.24) is 0 Å². The smallest absolute Gasteiger partial charge is 0.331 e. The molecule has 1 N–H and O–H groups in total. The van der Waals surface area contributed by atoms with E-state index in [1.807, 2.05) is 0 Å². The van der Waals surface area contributed by atoms with Crippen molar-refractivity contribution >= 4 is 11.7 Å². The van der Waals surface area contributed by atoms with Gasteiger partial charge in [0.05, 0.1) is 12.8 Å². The van der Waals surface area contributed by atoms with Crippen LogP contribution in [0.15, 0.2) is 24.3 Å². The van der Waals surface area contributed by atoms with Crippen molar-refractivity contribution in [1.29, 1.82) is 0 Å². The lowest BCUT2D eigenvalue weighted by molar-refractivity contribution is -0.145. The quantitative estimate of drug-likeness (QED) is 0.839. The van der Waals surface area contributed by atoms with E-state index in [2.05, 4.69) is 12.2 Å². The van der Waals surface area contributed by atoms with Crippen molar-refractivity contribution in [2.24, 2.45) is 5.92 Å². The number of hydrogen-bond donors (Lipinski definition) is 1. The van der Waals surface area contributed by atoms with Gasteiger partial charge in [0.1, 0.15) is 11.4 Å². The molecule has 1 aliphatic rings. The van der Waals surface area contributed by atoms with Crippen LogP contribution in [-0.4, -0.2) is 18.6 Å². The van der Waals surface area contributed by atoms with Gasteiger partial charge in [-0.3, -0.25) is 0 Å². The first-order valence-corrected chi connectivity index (χ1v) is 6.18. The molecule has 0 amide bonds. The lowest BCUT2D eigenvalue weighted by Crippen LogP contribution is -2.45.